The molecule has 1 rings (SSSR count). The van der Waals surface area contributed by atoms with Crippen molar-refractivity contribution in [3.8, 4) is 0 Å². The van der Waals surface area contributed by atoms with E-state index in [0.29, 0.717) is 5.56 Å². The SMILES string of the molecule is CC(C(=O)[O-])c1cccnc1.[K+]. The van der Waals surface area contributed by atoms with E-state index in [2.05, 4.69) is 4.98 Å². The maximum atomic E-state index is 10.4. The van der Waals surface area contributed by atoms with Crippen LogP contribution in [0.2, 0.25) is 0 Å². The van der Waals surface area contributed by atoms with Crippen molar-refractivity contribution < 1.29 is 61.3 Å². The summed E-state index contributed by atoms with van der Waals surface area (Å²) in [6.07, 6.45) is 3.13. The van der Waals surface area contributed by atoms with Gasteiger partial charge in [-0.3, -0.25) is 4.98 Å². The molecule has 1 atom stereocenters. The molecule has 4 heteroatoms. The van der Waals surface area contributed by atoms with Gasteiger partial charge in [0.15, 0.2) is 0 Å². The summed E-state index contributed by atoms with van der Waals surface area (Å²) in [6, 6.07) is 3.42. The van der Waals surface area contributed by atoms with Gasteiger partial charge in [0.2, 0.25) is 0 Å². The summed E-state index contributed by atoms with van der Waals surface area (Å²) in [6.45, 7) is 1.58. The number of hydrogen-bond acceptors (Lipinski definition) is 3. The van der Waals surface area contributed by atoms with Crippen LogP contribution in [0.3, 0.4) is 0 Å². The van der Waals surface area contributed by atoms with E-state index in [0.717, 1.165) is 0 Å². The minimum absolute atomic E-state index is 0. The van der Waals surface area contributed by atoms with Gasteiger partial charge in [0, 0.05) is 24.3 Å². The Labute approximate surface area is 114 Å². The van der Waals surface area contributed by atoms with Crippen molar-refractivity contribution in [2.75, 3.05) is 0 Å². The van der Waals surface area contributed by atoms with Crippen molar-refractivity contribution >= 4 is 5.97 Å². The molecular weight excluding hydrogens is 181 g/mol. The molecule has 1 unspecified atom stereocenters. The van der Waals surface area contributed by atoms with E-state index >= 15 is 0 Å². The van der Waals surface area contributed by atoms with Crippen LogP contribution in [0.25, 0.3) is 0 Å². The van der Waals surface area contributed by atoms with Gasteiger partial charge >= 0.3 is 51.4 Å². The second kappa shape index (κ2) is 5.83. The third-order valence-corrected chi connectivity index (χ3v) is 1.54. The second-order valence-corrected chi connectivity index (χ2v) is 2.33. The van der Waals surface area contributed by atoms with Crippen LogP contribution >= 0.6 is 0 Å². The Morgan fingerprint density at radius 3 is 2.75 bits per heavy atom. The third-order valence-electron chi connectivity index (χ3n) is 1.54. The van der Waals surface area contributed by atoms with Crippen molar-refractivity contribution in [3.05, 3.63) is 30.1 Å². The first-order valence-electron chi connectivity index (χ1n) is 3.32. The summed E-state index contributed by atoms with van der Waals surface area (Å²) < 4.78 is 0. The number of carboxylic acids is 1. The summed E-state index contributed by atoms with van der Waals surface area (Å²) in [7, 11) is 0. The predicted molar refractivity (Wildman–Crippen MR) is 37.7 cm³/mol. The molecule has 1 aromatic rings. The first kappa shape index (κ1) is 12.3. The topological polar surface area (TPSA) is 53.0 Å². The van der Waals surface area contributed by atoms with Crippen LogP contribution < -0.4 is 56.5 Å². The number of aliphatic carboxylic acids is 1. The molecule has 0 N–H and O–H groups in total. The summed E-state index contributed by atoms with van der Waals surface area (Å²) in [5.41, 5.74) is 0.674. The maximum Gasteiger partial charge on any atom is 1.00 e. The zero-order valence-electron chi connectivity index (χ0n) is 7.15. The Bertz CT molecular complexity index is 250. The molecule has 0 spiro atoms. The largest absolute Gasteiger partial charge is 1.00 e. The summed E-state index contributed by atoms with van der Waals surface area (Å²) in [5, 5.41) is 10.4. The van der Waals surface area contributed by atoms with Crippen LogP contribution in [0.1, 0.15) is 18.4 Å². The molecule has 3 nitrogen and oxygen atoms in total. The number of carboxylic acid groups (broad SMARTS) is 1. The first-order chi connectivity index (χ1) is 5.22. The molecule has 0 saturated carbocycles. The normalized spacial score (nSPS) is 11.4. The van der Waals surface area contributed by atoms with E-state index in [9.17, 15) is 9.90 Å². The second-order valence-electron chi connectivity index (χ2n) is 2.33. The van der Waals surface area contributed by atoms with Gasteiger partial charge in [0.1, 0.15) is 0 Å². The van der Waals surface area contributed by atoms with E-state index in [1.54, 1.807) is 25.3 Å². The molecule has 58 valence electrons. The van der Waals surface area contributed by atoms with Gasteiger partial charge in [-0.05, 0) is 11.6 Å². The van der Waals surface area contributed by atoms with Crippen LogP contribution in [0.15, 0.2) is 24.5 Å². The molecule has 0 fully saturated rings. The standard InChI is InChI=1S/C8H9NO2.K/c1-6(8(10)11)7-3-2-4-9-5-7;/h2-6H,1H3,(H,10,11);/q;+1/p-1. The van der Waals surface area contributed by atoms with Gasteiger partial charge < -0.3 is 9.90 Å². The van der Waals surface area contributed by atoms with Crippen molar-refractivity contribution in [2.24, 2.45) is 0 Å². The van der Waals surface area contributed by atoms with Crippen molar-refractivity contribution in [1.29, 1.82) is 0 Å². The Hall–Kier alpha value is 0.256. The molecule has 0 aliphatic rings. The zero-order valence-corrected chi connectivity index (χ0v) is 10.3. The van der Waals surface area contributed by atoms with Crippen LogP contribution in [-0.4, -0.2) is 11.0 Å². The third kappa shape index (κ3) is 3.33. The van der Waals surface area contributed by atoms with Crippen molar-refractivity contribution in [3.63, 3.8) is 0 Å². The number of carbonyl (C=O) groups is 1. The average Bonchev–Trinajstić information content (AvgIpc) is 2.05. The number of aromatic nitrogens is 1. The van der Waals surface area contributed by atoms with Crippen LogP contribution in [0.4, 0.5) is 0 Å². The molecule has 0 radical (unpaired) electrons. The fraction of sp³-hybridized carbons (Fsp3) is 0.250. The number of nitrogens with zero attached hydrogens (tertiary/aromatic N) is 1. The summed E-state index contributed by atoms with van der Waals surface area (Å²) >= 11 is 0. The molecule has 0 aliphatic carbocycles. The van der Waals surface area contributed by atoms with Crippen molar-refractivity contribution in [1.82, 2.24) is 4.98 Å². The number of pyridine rings is 1. The monoisotopic (exact) mass is 189 g/mol. The summed E-state index contributed by atoms with van der Waals surface area (Å²) in [4.78, 5) is 14.2. The fourth-order valence-corrected chi connectivity index (χ4v) is 0.768. The number of rotatable bonds is 2. The van der Waals surface area contributed by atoms with E-state index in [4.69, 9.17) is 0 Å². The van der Waals surface area contributed by atoms with Gasteiger partial charge in [0.25, 0.3) is 0 Å². The Morgan fingerprint density at radius 2 is 2.33 bits per heavy atom. The molecule has 0 saturated heterocycles. The molecule has 0 bridgehead atoms. The van der Waals surface area contributed by atoms with Gasteiger partial charge in [-0.25, -0.2) is 0 Å². The van der Waals surface area contributed by atoms with Crippen LogP contribution in [0, 0.1) is 0 Å². The quantitative estimate of drug-likeness (QED) is 0.464. The van der Waals surface area contributed by atoms with E-state index in [1.165, 1.54) is 6.20 Å². The maximum absolute atomic E-state index is 10.4. The van der Waals surface area contributed by atoms with E-state index in [-0.39, 0.29) is 51.4 Å². The molecule has 12 heavy (non-hydrogen) atoms. The minimum Gasteiger partial charge on any atom is -0.550 e. The fourth-order valence-electron chi connectivity index (χ4n) is 0.768. The molecule has 0 aliphatic heterocycles. The number of hydrogen-bond donors (Lipinski definition) is 0. The predicted octanol–water partition coefficient (Wildman–Crippen LogP) is -3.06. The molecule has 0 aromatic carbocycles. The smallest absolute Gasteiger partial charge is 0.550 e. The summed E-state index contributed by atoms with van der Waals surface area (Å²) in [5.74, 6) is -1.65. The van der Waals surface area contributed by atoms with Crippen molar-refractivity contribution in [2.45, 2.75) is 12.8 Å². The van der Waals surface area contributed by atoms with Gasteiger partial charge in [-0.1, -0.05) is 13.0 Å². The average molecular weight is 189 g/mol. The Morgan fingerprint density at radius 1 is 1.67 bits per heavy atom. The molecule has 0 amide bonds. The number of carbonyl (C=O) groups excluding carboxylic acids is 1. The van der Waals surface area contributed by atoms with Gasteiger partial charge in [0.05, 0.1) is 0 Å². The van der Waals surface area contributed by atoms with Gasteiger partial charge in [-0.2, -0.15) is 0 Å². The Balaban J connectivity index is 0.00000121. The molecule has 1 aromatic heterocycles. The molecule has 1 heterocycles. The first-order valence-corrected chi connectivity index (χ1v) is 3.32. The zero-order chi connectivity index (χ0) is 8.27. The minimum atomic E-state index is -1.07. The van der Waals surface area contributed by atoms with Crippen LogP contribution in [-0.2, 0) is 4.79 Å². The van der Waals surface area contributed by atoms with E-state index in [1.807, 2.05) is 0 Å². The molecular formula is C8H8KNO2. The Kier molecular flexibility index (Phi) is 5.95. The van der Waals surface area contributed by atoms with E-state index < -0.39 is 11.9 Å². The van der Waals surface area contributed by atoms with Gasteiger partial charge in [-0.15, -0.1) is 0 Å². The van der Waals surface area contributed by atoms with Crippen LogP contribution in [0.5, 0.6) is 0 Å².